The Morgan fingerprint density at radius 3 is 2.20 bits per heavy atom. The molecule has 0 unspecified atom stereocenters. The summed E-state index contributed by atoms with van der Waals surface area (Å²) in [5, 5.41) is 3.14. The molecule has 5 rings (SSSR count). The van der Waals surface area contributed by atoms with Crippen molar-refractivity contribution in [3.05, 3.63) is 65.4 Å². The van der Waals surface area contributed by atoms with Crippen molar-refractivity contribution in [3.8, 4) is 10.4 Å². The van der Waals surface area contributed by atoms with Gasteiger partial charge in [-0.15, -0.1) is 11.3 Å². The Hall–Kier alpha value is -2.00. The zero-order chi connectivity index (χ0) is 33.7. The molecule has 0 radical (unpaired) electrons. The van der Waals surface area contributed by atoms with Crippen LogP contribution in [0, 0.1) is 6.92 Å². The molecular formula is C35H52N4O3S2Si2. The van der Waals surface area contributed by atoms with E-state index < -0.39 is 22.9 Å². The molecule has 0 amide bonds. The summed E-state index contributed by atoms with van der Waals surface area (Å²) < 4.78 is 23.9. The van der Waals surface area contributed by atoms with E-state index >= 15 is 0 Å². The van der Waals surface area contributed by atoms with Crippen molar-refractivity contribution in [2.75, 3.05) is 11.5 Å². The first-order chi connectivity index (χ1) is 21.4. The molecule has 46 heavy (non-hydrogen) atoms. The molecule has 1 aromatic carbocycles. The molecule has 1 aliphatic rings. The minimum atomic E-state index is -2.24. The van der Waals surface area contributed by atoms with Gasteiger partial charge in [-0.2, -0.15) is 11.8 Å². The van der Waals surface area contributed by atoms with Gasteiger partial charge in [0.1, 0.15) is 30.0 Å². The number of anilines is 1. The topological polar surface area (TPSA) is 84.4 Å². The molecule has 250 valence electrons. The summed E-state index contributed by atoms with van der Waals surface area (Å²) in [4.78, 5) is 10.2. The van der Waals surface area contributed by atoms with Crippen molar-refractivity contribution < 1.29 is 13.6 Å². The second-order valence-electron chi connectivity index (χ2n) is 15.6. The fourth-order valence-electron chi connectivity index (χ4n) is 5.32. The van der Waals surface area contributed by atoms with Gasteiger partial charge in [0.25, 0.3) is 0 Å². The van der Waals surface area contributed by atoms with Crippen molar-refractivity contribution in [3.63, 3.8) is 0 Å². The molecule has 0 aliphatic carbocycles. The van der Waals surface area contributed by atoms with Crippen molar-refractivity contribution in [2.24, 2.45) is 0 Å². The minimum absolute atomic E-state index is 0.0155. The molecule has 7 nitrogen and oxygen atoms in total. The third-order valence-electron chi connectivity index (χ3n) is 10.2. The smallest absolute Gasteiger partial charge is 0.192 e. The van der Waals surface area contributed by atoms with Crippen molar-refractivity contribution in [1.82, 2.24) is 14.5 Å². The summed E-state index contributed by atoms with van der Waals surface area (Å²) in [6.45, 7) is 25.2. The summed E-state index contributed by atoms with van der Waals surface area (Å²) in [5.74, 6) is 2.15. The van der Waals surface area contributed by atoms with E-state index in [9.17, 15) is 0 Å². The van der Waals surface area contributed by atoms with Gasteiger partial charge in [-0.05, 0) is 71.3 Å². The first-order valence-corrected chi connectivity index (χ1v) is 24.0. The molecule has 11 heteroatoms. The van der Waals surface area contributed by atoms with E-state index in [0.717, 1.165) is 22.5 Å². The van der Waals surface area contributed by atoms with E-state index in [1.165, 1.54) is 27.9 Å². The highest BCUT2D eigenvalue weighted by Crippen LogP contribution is 2.47. The molecule has 2 N–H and O–H groups in total. The SMILES string of the molecule is Cc1csc(-c2ccccc2)c1CSC[C@H]1O[C@@H](n2ccc3c(N)ncnc32)[C@H](O[Si](C)(C)C(C)(C)C)[C@@H]1O[Si](C)(C)C(C)(C)C. The fourth-order valence-corrected chi connectivity index (χ4v) is 10.3. The van der Waals surface area contributed by atoms with Gasteiger partial charge < -0.3 is 23.9 Å². The van der Waals surface area contributed by atoms with Gasteiger partial charge in [0, 0.05) is 22.6 Å². The Labute approximate surface area is 285 Å². The molecule has 1 aliphatic heterocycles. The number of hydrogen-bond acceptors (Lipinski definition) is 8. The number of nitrogens with two attached hydrogens (primary N) is 1. The van der Waals surface area contributed by atoms with Gasteiger partial charge in [-0.3, -0.25) is 0 Å². The van der Waals surface area contributed by atoms with E-state index in [1.54, 1.807) is 0 Å². The van der Waals surface area contributed by atoms with Crippen LogP contribution in [0.25, 0.3) is 21.5 Å². The summed E-state index contributed by atoms with van der Waals surface area (Å²) in [6.07, 6.45) is 2.41. The molecule has 3 aromatic heterocycles. The molecule has 0 spiro atoms. The number of rotatable bonds is 10. The first kappa shape index (κ1) is 35.3. The maximum Gasteiger partial charge on any atom is 0.192 e. The highest BCUT2D eigenvalue weighted by atomic mass is 32.2. The molecule has 4 aromatic rings. The van der Waals surface area contributed by atoms with Crippen LogP contribution in [-0.2, 0) is 19.3 Å². The van der Waals surface area contributed by atoms with Crippen LogP contribution in [-0.4, -0.2) is 55.2 Å². The number of nitrogen functional groups attached to an aromatic ring is 1. The number of aryl methyl sites for hydroxylation is 1. The van der Waals surface area contributed by atoms with Crippen LogP contribution in [0.5, 0.6) is 0 Å². The number of thiophene rings is 1. The van der Waals surface area contributed by atoms with E-state index in [1.807, 2.05) is 35.4 Å². The summed E-state index contributed by atoms with van der Waals surface area (Å²) in [6, 6.07) is 12.7. The fraction of sp³-hybridized carbons (Fsp3) is 0.543. The Kier molecular flexibility index (Phi) is 10.1. The van der Waals surface area contributed by atoms with Gasteiger partial charge >= 0.3 is 0 Å². The van der Waals surface area contributed by atoms with Gasteiger partial charge in [0.05, 0.1) is 11.5 Å². The summed E-state index contributed by atoms with van der Waals surface area (Å²) in [5.41, 5.74) is 11.0. The number of aromatic nitrogens is 3. The highest BCUT2D eigenvalue weighted by molar-refractivity contribution is 7.98. The quantitative estimate of drug-likeness (QED) is 0.165. The van der Waals surface area contributed by atoms with Gasteiger partial charge in [-0.25, -0.2) is 9.97 Å². The second kappa shape index (κ2) is 13.1. The van der Waals surface area contributed by atoms with E-state index in [0.29, 0.717) is 5.82 Å². The number of ether oxygens (including phenoxy) is 1. The van der Waals surface area contributed by atoms with Gasteiger partial charge in [-0.1, -0.05) is 71.9 Å². The van der Waals surface area contributed by atoms with Crippen LogP contribution in [0.1, 0.15) is 58.9 Å². The molecule has 4 atom stereocenters. The zero-order valence-corrected chi connectivity index (χ0v) is 33.0. The standard InChI is InChI=1S/C35H52N4O3S2Si2/c1-23-19-44-30(24-15-13-12-14-16-24)26(23)20-43-21-27-28(41-45(8,9)34(2,3)4)29(42-46(10,11)35(5,6)7)33(40-27)39-18-17-25-31(36)37-22-38-32(25)39/h12-19,22,27-29,33H,20-21H2,1-11H3,(H2,36,37,38)/t27-,28-,29-,33-/m1/s1. The highest BCUT2D eigenvalue weighted by Gasteiger charge is 2.54. The number of benzene rings is 1. The Morgan fingerprint density at radius 1 is 0.935 bits per heavy atom. The largest absolute Gasteiger partial charge is 0.408 e. The summed E-state index contributed by atoms with van der Waals surface area (Å²) in [7, 11) is -4.46. The van der Waals surface area contributed by atoms with Crippen molar-refractivity contribution in [2.45, 2.75) is 115 Å². The lowest BCUT2D eigenvalue weighted by atomic mass is 10.1. The number of fused-ring (bicyclic) bond motifs is 1. The third kappa shape index (κ3) is 7.06. The lowest BCUT2D eigenvalue weighted by molar-refractivity contribution is -0.0244. The number of thioether (sulfide) groups is 1. The van der Waals surface area contributed by atoms with E-state index in [4.69, 9.17) is 19.3 Å². The van der Waals surface area contributed by atoms with Crippen LogP contribution in [0.2, 0.25) is 36.3 Å². The predicted molar refractivity (Wildman–Crippen MR) is 201 cm³/mol. The predicted octanol–water partition coefficient (Wildman–Crippen LogP) is 9.66. The molecular weight excluding hydrogens is 645 g/mol. The molecule has 0 saturated carbocycles. The third-order valence-corrected chi connectivity index (χ3v) is 21.4. The van der Waals surface area contributed by atoms with Gasteiger partial charge in [0.2, 0.25) is 0 Å². The number of hydrogen-bond donors (Lipinski definition) is 1. The lowest BCUT2D eigenvalue weighted by Crippen LogP contribution is -2.53. The van der Waals surface area contributed by atoms with Crippen LogP contribution in [0.3, 0.4) is 0 Å². The zero-order valence-electron chi connectivity index (χ0n) is 29.4. The normalized spacial score (nSPS) is 21.4. The lowest BCUT2D eigenvalue weighted by Gasteiger charge is -2.44. The van der Waals surface area contributed by atoms with Crippen LogP contribution in [0.15, 0.2) is 54.3 Å². The molecule has 0 bridgehead atoms. The molecule has 1 fully saturated rings. The first-order valence-electron chi connectivity index (χ1n) is 16.2. The Bertz CT molecular complexity index is 1640. The maximum absolute atomic E-state index is 7.34. The minimum Gasteiger partial charge on any atom is -0.408 e. The van der Waals surface area contributed by atoms with Crippen molar-refractivity contribution in [1.29, 1.82) is 0 Å². The van der Waals surface area contributed by atoms with Crippen LogP contribution in [0.4, 0.5) is 5.82 Å². The monoisotopic (exact) mass is 696 g/mol. The Balaban J connectivity index is 1.52. The summed E-state index contributed by atoms with van der Waals surface area (Å²) >= 11 is 3.75. The second-order valence-corrected chi connectivity index (χ2v) is 27.0. The average molecular weight is 697 g/mol. The van der Waals surface area contributed by atoms with Crippen LogP contribution < -0.4 is 5.73 Å². The van der Waals surface area contributed by atoms with Crippen LogP contribution >= 0.6 is 23.1 Å². The molecule has 4 heterocycles. The van der Waals surface area contributed by atoms with E-state index in [2.05, 4.69) is 125 Å². The Morgan fingerprint density at radius 2 is 1.57 bits per heavy atom. The maximum atomic E-state index is 7.34. The van der Waals surface area contributed by atoms with E-state index in [-0.39, 0.29) is 28.4 Å². The average Bonchev–Trinajstić information content (AvgIpc) is 3.64. The van der Waals surface area contributed by atoms with Crippen molar-refractivity contribution >= 4 is 56.6 Å². The number of nitrogens with zero attached hydrogens (tertiary/aromatic N) is 3. The molecule has 1 saturated heterocycles. The van der Waals surface area contributed by atoms with Gasteiger partial charge in [0.15, 0.2) is 22.9 Å².